The van der Waals surface area contributed by atoms with Gasteiger partial charge in [-0.15, -0.1) is 0 Å². The second-order valence-electron chi connectivity index (χ2n) is 5.09. The van der Waals surface area contributed by atoms with Crippen LogP contribution in [0.3, 0.4) is 0 Å². The van der Waals surface area contributed by atoms with Crippen LogP contribution in [-0.2, 0) is 14.8 Å². The summed E-state index contributed by atoms with van der Waals surface area (Å²) in [7, 11) is -4.46. The molecule has 2 N–H and O–H groups in total. The Hall–Kier alpha value is -2.68. The van der Waals surface area contributed by atoms with Gasteiger partial charge in [0.2, 0.25) is 0 Å². The average Bonchev–Trinajstić information content (AvgIpc) is 2.55. The summed E-state index contributed by atoms with van der Waals surface area (Å²) in [4.78, 5) is 10.6. The normalized spacial score (nSPS) is 17.1. The first-order chi connectivity index (χ1) is 11.3. The summed E-state index contributed by atoms with van der Waals surface area (Å²) in [6.45, 7) is -0.440. The van der Waals surface area contributed by atoms with Crippen molar-refractivity contribution in [1.82, 2.24) is 0 Å². The molecule has 0 unspecified atom stereocenters. The smallest absolute Gasteiger partial charge is 0.267 e. The third-order valence-electron chi connectivity index (χ3n) is 3.51. The predicted octanol–water partition coefficient (Wildman–Crippen LogP) is 1.41. The lowest BCUT2D eigenvalue weighted by Crippen LogP contribution is -2.49. The summed E-state index contributed by atoms with van der Waals surface area (Å²) in [5.74, 6) is -2.77. The molecule has 0 spiro atoms. The van der Waals surface area contributed by atoms with Crippen molar-refractivity contribution in [2.24, 2.45) is 5.73 Å². The first-order valence-corrected chi connectivity index (χ1v) is 8.27. The summed E-state index contributed by atoms with van der Waals surface area (Å²) < 4.78 is 59.1. The highest BCUT2D eigenvalue weighted by Gasteiger charge is 2.37. The number of ether oxygens (including phenoxy) is 1. The second-order valence-corrected chi connectivity index (χ2v) is 6.92. The minimum Gasteiger partial charge on any atom is -0.476 e. The van der Waals surface area contributed by atoms with Gasteiger partial charge in [-0.05, 0) is 30.3 Å². The number of carbonyl (C=O) groups excluding carboxylic acids is 1. The molecule has 0 aliphatic carbocycles. The Morgan fingerprint density at radius 1 is 1.21 bits per heavy atom. The molecule has 6 nitrogen and oxygen atoms in total. The van der Waals surface area contributed by atoms with Crippen LogP contribution in [0, 0.1) is 11.6 Å². The van der Waals surface area contributed by atoms with E-state index < -0.39 is 45.1 Å². The van der Waals surface area contributed by atoms with Crippen LogP contribution in [0.4, 0.5) is 14.5 Å². The number of sulfonamides is 1. The van der Waals surface area contributed by atoms with Gasteiger partial charge in [0.05, 0.1) is 12.2 Å². The number of carbonyl (C=O) groups is 1. The third-order valence-corrected chi connectivity index (χ3v) is 5.31. The molecule has 126 valence electrons. The lowest BCUT2D eigenvalue weighted by molar-refractivity contribution is -0.124. The summed E-state index contributed by atoms with van der Waals surface area (Å²) in [6, 6.07) is 8.14. The summed E-state index contributed by atoms with van der Waals surface area (Å²) in [5.41, 5.74) is 5.31. The number of rotatable bonds is 3. The number of benzene rings is 2. The zero-order chi connectivity index (χ0) is 17.5. The van der Waals surface area contributed by atoms with E-state index in [9.17, 15) is 22.0 Å². The van der Waals surface area contributed by atoms with Gasteiger partial charge < -0.3 is 10.5 Å². The third kappa shape index (κ3) is 2.67. The lowest BCUT2D eigenvalue weighted by atomic mass is 10.2. The molecule has 2 aromatic rings. The Bertz CT molecular complexity index is 917. The molecule has 0 bridgehead atoms. The van der Waals surface area contributed by atoms with Crippen LogP contribution in [0.15, 0.2) is 47.4 Å². The van der Waals surface area contributed by atoms with Crippen LogP contribution >= 0.6 is 0 Å². The van der Waals surface area contributed by atoms with Gasteiger partial charge in [-0.3, -0.25) is 9.10 Å². The number of anilines is 1. The van der Waals surface area contributed by atoms with Crippen molar-refractivity contribution >= 4 is 21.6 Å². The highest BCUT2D eigenvalue weighted by atomic mass is 32.2. The zero-order valence-electron chi connectivity index (χ0n) is 12.1. The van der Waals surface area contributed by atoms with Crippen molar-refractivity contribution in [1.29, 1.82) is 0 Å². The van der Waals surface area contributed by atoms with Crippen molar-refractivity contribution < 1.29 is 26.7 Å². The van der Waals surface area contributed by atoms with Crippen molar-refractivity contribution in [3.8, 4) is 5.75 Å². The van der Waals surface area contributed by atoms with Crippen molar-refractivity contribution in [2.45, 2.75) is 11.0 Å². The van der Waals surface area contributed by atoms with Gasteiger partial charge in [-0.25, -0.2) is 17.2 Å². The zero-order valence-corrected chi connectivity index (χ0v) is 13.0. The van der Waals surface area contributed by atoms with Gasteiger partial charge >= 0.3 is 0 Å². The first kappa shape index (κ1) is 16.2. The SMILES string of the molecule is NC(=O)[C@H]1CN(S(=O)(=O)c2cc(F)ccc2F)c2ccccc2O1. The maximum Gasteiger partial charge on any atom is 0.267 e. The molecule has 0 fully saturated rings. The molecular formula is C15H12F2N2O4S. The average molecular weight is 354 g/mol. The molecule has 9 heteroatoms. The Labute approximate surface area is 136 Å². The van der Waals surface area contributed by atoms with E-state index in [4.69, 9.17) is 10.5 Å². The number of hydrogen-bond donors (Lipinski definition) is 1. The predicted molar refractivity (Wildman–Crippen MR) is 80.9 cm³/mol. The van der Waals surface area contributed by atoms with Gasteiger partial charge in [-0.2, -0.15) is 0 Å². The van der Waals surface area contributed by atoms with Crippen LogP contribution in [0.2, 0.25) is 0 Å². The van der Waals surface area contributed by atoms with Crippen molar-refractivity contribution in [3.63, 3.8) is 0 Å². The maximum absolute atomic E-state index is 14.0. The number of nitrogens with two attached hydrogens (primary N) is 1. The van der Waals surface area contributed by atoms with Gasteiger partial charge in [0.25, 0.3) is 15.9 Å². The highest BCUT2D eigenvalue weighted by molar-refractivity contribution is 7.92. The molecule has 1 aliphatic rings. The fourth-order valence-electron chi connectivity index (χ4n) is 2.37. The fraction of sp³-hybridized carbons (Fsp3) is 0.133. The van der Waals surface area contributed by atoms with Gasteiger partial charge in [0.15, 0.2) is 6.10 Å². The molecule has 0 saturated carbocycles. The minimum atomic E-state index is -4.46. The molecule has 24 heavy (non-hydrogen) atoms. The standard InChI is InChI=1S/C15H12F2N2O4S/c16-9-5-6-10(17)14(7-9)24(21,22)19-8-13(15(18)20)23-12-4-2-1-3-11(12)19/h1-7,13H,8H2,(H2,18,20)/t13-/m1/s1. The fourth-order valence-corrected chi connectivity index (χ4v) is 3.93. The largest absolute Gasteiger partial charge is 0.476 e. The number of nitrogens with zero attached hydrogens (tertiary/aromatic N) is 1. The topological polar surface area (TPSA) is 89.7 Å². The summed E-state index contributed by atoms with van der Waals surface area (Å²) in [6.07, 6.45) is -1.24. The summed E-state index contributed by atoms with van der Waals surface area (Å²) in [5, 5.41) is 0. The molecule has 0 saturated heterocycles. The highest BCUT2D eigenvalue weighted by Crippen LogP contribution is 2.37. The lowest BCUT2D eigenvalue weighted by Gasteiger charge is -2.34. The van der Waals surface area contributed by atoms with Crippen LogP contribution < -0.4 is 14.8 Å². The van der Waals surface area contributed by atoms with E-state index in [1.807, 2.05) is 0 Å². The van der Waals surface area contributed by atoms with E-state index in [0.717, 1.165) is 16.4 Å². The van der Waals surface area contributed by atoms with Crippen LogP contribution in [0.25, 0.3) is 0 Å². The Morgan fingerprint density at radius 2 is 1.92 bits per heavy atom. The molecule has 3 rings (SSSR count). The molecule has 1 aliphatic heterocycles. The molecule has 2 aromatic carbocycles. The van der Waals surface area contributed by atoms with Crippen LogP contribution in [0.5, 0.6) is 5.75 Å². The number of para-hydroxylation sites is 2. The number of hydrogen-bond acceptors (Lipinski definition) is 4. The number of amides is 1. The van der Waals surface area contributed by atoms with Crippen LogP contribution in [-0.4, -0.2) is 27.0 Å². The van der Waals surface area contributed by atoms with E-state index in [-0.39, 0.29) is 11.4 Å². The second kappa shape index (κ2) is 5.75. The van der Waals surface area contributed by atoms with E-state index in [2.05, 4.69) is 0 Å². The Balaban J connectivity index is 2.16. The monoisotopic (exact) mass is 354 g/mol. The van der Waals surface area contributed by atoms with Crippen molar-refractivity contribution in [3.05, 3.63) is 54.1 Å². The van der Waals surface area contributed by atoms with Crippen LogP contribution in [0.1, 0.15) is 0 Å². The number of fused-ring (bicyclic) bond motifs is 1. The molecule has 1 amide bonds. The van der Waals surface area contributed by atoms with E-state index in [1.54, 1.807) is 12.1 Å². The Kier molecular flexibility index (Phi) is 3.88. The summed E-state index contributed by atoms with van der Waals surface area (Å²) >= 11 is 0. The quantitative estimate of drug-likeness (QED) is 0.902. The minimum absolute atomic E-state index is 0.105. The molecule has 1 atom stereocenters. The van der Waals surface area contributed by atoms with Gasteiger partial charge in [0.1, 0.15) is 22.3 Å². The van der Waals surface area contributed by atoms with E-state index >= 15 is 0 Å². The molecule has 0 radical (unpaired) electrons. The first-order valence-electron chi connectivity index (χ1n) is 6.83. The molecular weight excluding hydrogens is 342 g/mol. The van der Waals surface area contributed by atoms with Crippen molar-refractivity contribution in [2.75, 3.05) is 10.8 Å². The van der Waals surface area contributed by atoms with E-state index in [1.165, 1.54) is 12.1 Å². The number of primary amides is 1. The molecule has 0 aromatic heterocycles. The number of halogens is 2. The molecule has 1 heterocycles. The van der Waals surface area contributed by atoms with Gasteiger partial charge in [-0.1, -0.05) is 12.1 Å². The maximum atomic E-state index is 14.0. The Morgan fingerprint density at radius 3 is 2.62 bits per heavy atom. The van der Waals surface area contributed by atoms with Gasteiger partial charge in [0, 0.05) is 0 Å². The van der Waals surface area contributed by atoms with E-state index in [0.29, 0.717) is 6.07 Å².